The summed E-state index contributed by atoms with van der Waals surface area (Å²) < 4.78 is 0. The summed E-state index contributed by atoms with van der Waals surface area (Å²) in [6, 6.07) is 12.8. The standard InChI is InChI=1S/C23H34N4OS/c1-18-6-4-12-27(16-18)17-20-10-8-19(9-11-20)14-24-23(28)25-15-21(26(2)3)22-7-5-13-29-22/h5,7-11,13,18,21H,4,6,12,14-17H2,1-3H3,(H2,24,25,28)/t18-,21+/m0/s1. The summed E-state index contributed by atoms with van der Waals surface area (Å²) in [6.45, 7) is 6.89. The number of thiophene rings is 1. The van der Waals surface area contributed by atoms with E-state index in [1.165, 1.54) is 36.4 Å². The van der Waals surface area contributed by atoms with Crippen LogP contribution in [0.3, 0.4) is 0 Å². The minimum Gasteiger partial charge on any atom is -0.336 e. The Kier molecular flexibility index (Phi) is 8.09. The van der Waals surface area contributed by atoms with E-state index < -0.39 is 0 Å². The van der Waals surface area contributed by atoms with Crippen LogP contribution in [0.25, 0.3) is 0 Å². The molecule has 5 nitrogen and oxygen atoms in total. The lowest BCUT2D eigenvalue weighted by Gasteiger charge is -2.30. The van der Waals surface area contributed by atoms with Crippen molar-refractivity contribution in [2.75, 3.05) is 33.7 Å². The quantitative estimate of drug-likeness (QED) is 0.684. The molecule has 2 aromatic rings. The van der Waals surface area contributed by atoms with Gasteiger partial charge in [0.1, 0.15) is 0 Å². The summed E-state index contributed by atoms with van der Waals surface area (Å²) in [6.07, 6.45) is 2.66. The number of likely N-dealkylation sites (N-methyl/N-ethyl adjacent to an activating group) is 1. The van der Waals surface area contributed by atoms with Crippen molar-refractivity contribution < 1.29 is 4.79 Å². The molecular weight excluding hydrogens is 380 g/mol. The van der Waals surface area contributed by atoms with E-state index in [2.05, 4.69) is 63.1 Å². The Bertz CT molecular complexity index is 745. The van der Waals surface area contributed by atoms with Crippen molar-refractivity contribution in [3.05, 3.63) is 57.8 Å². The molecule has 158 valence electrons. The summed E-state index contributed by atoms with van der Waals surface area (Å²) in [7, 11) is 4.08. The van der Waals surface area contributed by atoms with E-state index >= 15 is 0 Å². The second kappa shape index (κ2) is 10.8. The largest absolute Gasteiger partial charge is 0.336 e. The molecule has 2 heterocycles. The number of benzene rings is 1. The zero-order valence-corrected chi connectivity index (χ0v) is 18.7. The van der Waals surface area contributed by atoms with Crippen LogP contribution in [0, 0.1) is 5.92 Å². The fraction of sp³-hybridized carbons (Fsp3) is 0.522. The summed E-state index contributed by atoms with van der Waals surface area (Å²) >= 11 is 1.72. The van der Waals surface area contributed by atoms with Crippen molar-refractivity contribution in [1.82, 2.24) is 20.4 Å². The molecule has 1 saturated heterocycles. The number of carbonyl (C=O) groups excluding carboxylic acids is 1. The van der Waals surface area contributed by atoms with Gasteiger partial charge in [-0.25, -0.2) is 4.79 Å². The molecule has 2 N–H and O–H groups in total. The van der Waals surface area contributed by atoms with E-state index in [0.29, 0.717) is 13.1 Å². The maximum absolute atomic E-state index is 12.2. The lowest BCUT2D eigenvalue weighted by molar-refractivity contribution is 0.176. The third-order valence-electron chi connectivity index (χ3n) is 5.57. The van der Waals surface area contributed by atoms with E-state index in [-0.39, 0.29) is 12.1 Å². The average Bonchev–Trinajstić information content (AvgIpc) is 3.22. The molecule has 2 amide bonds. The highest BCUT2D eigenvalue weighted by atomic mass is 32.1. The highest BCUT2D eigenvalue weighted by Gasteiger charge is 2.17. The van der Waals surface area contributed by atoms with Crippen LogP contribution in [0.2, 0.25) is 0 Å². The fourth-order valence-electron chi connectivity index (χ4n) is 3.90. The normalized spacial score (nSPS) is 18.6. The van der Waals surface area contributed by atoms with E-state index in [1.54, 1.807) is 11.3 Å². The highest BCUT2D eigenvalue weighted by Crippen LogP contribution is 2.22. The van der Waals surface area contributed by atoms with Gasteiger partial charge < -0.3 is 15.5 Å². The Hall–Kier alpha value is -1.89. The van der Waals surface area contributed by atoms with Crippen molar-refractivity contribution in [2.24, 2.45) is 5.92 Å². The minimum absolute atomic E-state index is 0.125. The third-order valence-corrected chi connectivity index (χ3v) is 6.55. The molecule has 6 heteroatoms. The Balaban J connectivity index is 1.41. The summed E-state index contributed by atoms with van der Waals surface area (Å²) in [4.78, 5) is 18.2. The Morgan fingerprint density at radius 1 is 1.21 bits per heavy atom. The molecule has 0 bridgehead atoms. The first-order valence-corrected chi connectivity index (χ1v) is 11.4. The number of piperidine rings is 1. The molecule has 1 aromatic heterocycles. The van der Waals surface area contributed by atoms with E-state index in [4.69, 9.17) is 0 Å². The first kappa shape index (κ1) is 21.8. The second-order valence-corrected chi connectivity index (χ2v) is 9.34. The zero-order valence-electron chi connectivity index (χ0n) is 17.9. The third kappa shape index (κ3) is 6.84. The number of urea groups is 1. The molecule has 0 spiro atoms. The van der Waals surface area contributed by atoms with Gasteiger partial charge >= 0.3 is 6.03 Å². The first-order chi connectivity index (χ1) is 14.0. The van der Waals surface area contributed by atoms with Crippen LogP contribution >= 0.6 is 11.3 Å². The number of hydrogen-bond donors (Lipinski definition) is 2. The van der Waals surface area contributed by atoms with Crippen LogP contribution in [-0.2, 0) is 13.1 Å². The predicted octanol–water partition coefficient (Wildman–Crippen LogP) is 4.08. The van der Waals surface area contributed by atoms with Gasteiger partial charge in [-0.15, -0.1) is 11.3 Å². The molecule has 0 aliphatic carbocycles. The van der Waals surface area contributed by atoms with Gasteiger partial charge in [0, 0.05) is 31.1 Å². The Labute approximate surface area is 179 Å². The maximum atomic E-state index is 12.2. The van der Waals surface area contributed by atoms with Crippen LogP contribution in [0.1, 0.15) is 41.8 Å². The van der Waals surface area contributed by atoms with E-state index in [0.717, 1.165) is 18.0 Å². The van der Waals surface area contributed by atoms with Crippen LogP contribution in [-0.4, -0.2) is 49.6 Å². The Morgan fingerprint density at radius 3 is 2.62 bits per heavy atom. The molecular formula is C23H34N4OS. The zero-order chi connectivity index (χ0) is 20.6. The molecule has 1 aromatic carbocycles. The SMILES string of the molecule is C[C@H]1CCCN(Cc2ccc(CNC(=O)NC[C@H](c3cccs3)N(C)C)cc2)C1. The molecule has 1 aliphatic rings. The van der Waals surface area contributed by atoms with Gasteiger partial charge in [0.25, 0.3) is 0 Å². The number of amides is 2. The molecule has 2 atom stereocenters. The molecule has 3 rings (SSSR count). The number of hydrogen-bond acceptors (Lipinski definition) is 4. The Morgan fingerprint density at radius 2 is 1.97 bits per heavy atom. The number of rotatable bonds is 8. The molecule has 29 heavy (non-hydrogen) atoms. The van der Waals surface area contributed by atoms with Crippen molar-refractivity contribution in [3.8, 4) is 0 Å². The van der Waals surface area contributed by atoms with E-state index in [1.807, 2.05) is 20.2 Å². The molecule has 0 saturated carbocycles. The minimum atomic E-state index is -0.125. The van der Waals surface area contributed by atoms with Gasteiger partial charge in [-0.05, 0) is 62.0 Å². The topological polar surface area (TPSA) is 47.6 Å². The summed E-state index contributed by atoms with van der Waals surface area (Å²) in [5, 5.41) is 8.04. The number of carbonyl (C=O) groups is 1. The van der Waals surface area contributed by atoms with Gasteiger partial charge in [-0.2, -0.15) is 0 Å². The first-order valence-electron chi connectivity index (χ1n) is 10.5. The number of nitrogens with zero attached hydrogens (tertiary/aromatic N) is 2. The van der Waals surface area contributed by atoms with Gasteiger partial charge in [0.15, 0.2) is 0 Å². The molecule has 0 unspecified atom stereocenters. The predicted molar refractivity (Wildman–Crippen MR) is 121 cm³/mol. The van der Waals surface area contributed by atoms with Crippen molar-refractivity contribution in [2.45, 2.75) is 38.9 Å². The van der Waals surface area contributed by atoms with Crippen molar-refractivity contribution in [3.63, 3.8) is 0 Å². The van der Waals surface area contributed by atoms with Gasteiger partial charge in [0.05, 0.1) is 6.04 Å². The lowest BCUT2D eigenvalue weighted by Crippen LogP contribution is -2.40. The monoisotopic (exact) mass is 414 g/mol. The average molecular weight is 415 g/mol. The van der Waals surface area contributed by atoms with Crippen molar-refractivity contribution in [1.29, 1.82) is 0 Å². The molecule has 1 aliphatic heterocycles. The smallest absolute Gasteiger partial charge is 0.315 e. The van der Waals surface area contributed by atoms with E-state index in [9.17, 15) is 4.79 Å². The lowest BCUT2D eigenvalue weighted by atomic mass is 9.99. The molecule has 1 fully saturated rings. The van der Waals surface area contributed by atoms with Gasteiger partial charge in [-0.1, -0.05) is 37.3 Å². The van der Waals surface area contributed by atoms with Gasteiger partial charge in [0.2, 0.25) is 0 Å². The van der Waals surface area contributed by atoms with Crippen LogP contribution in [0.4, 0.5) is 4.79 Å². The maximum Gasteiger partial charge on any atom is 0.315 e. The van der Waals surface area contributed by atoms with Crippen molar-refractivity contribution >= 4 is 17.4 Å². The second-order valence-electron chi connectivity index (χ2n) is 8.36. The molecule has 0 radical (unpaired) electrons. The fourth-order valence-corrected chi connectivity index (χ4v) is 4.83. The van der Waals surface area contributed by atoms with Gasteiger partial charge in [-0.3, -0.25) is 4.90 Å². The number of likely N-dealkylation sites (tertiary alicyclic amines) is 1. The summed E-state index contributed by atoms with van der Waals surface area (Å²) in [5.74, 6) is 0.803. The highest BCUT2D eigenvalue weighted by molar-refractivity contribution is 7.10. The van der Waals surface area contributed by atoms with Crippen LogP contribution in [0.15, 0.2) is 41.8 Å². The van der Waals surface area contributed by atoms with Crippen LogP contribution in [0.5, 0.6) is 0 Å². The number of nitrogens with one attached hydrogen (secondary N) is 2. The summed E-state index contributed by atoms with van der Waals surface area (Å²) in [5.41, 5.74) is 2.47. The van der Waals surface area contributed by atoms with Crippen LogP contribution < -0.4 is 10.6 Å².